The molecule has 1 aliphatic carbocycles. The van der Waals surface area contributed by atoms with E-state index in [0.717, 1.165) is 28.4 Å². The average Bonchev–Trinajstić information content (AvgIpc) is 2.14. The average molecular weight is 253 g/mol. The lowest BCUT2D eigenvalue weighted by molar-refractivity contribution is 0.0972. The molecule has 0 fully saturated rings. The first-order valence-electron chi connectivity index (χ1n) is 4.93. The molecule has 1 aromatic rings. The van der Waals surface area contributed by atoms with Crippen LogP contribution in [0, 0.1) is 13.8 Å². The topological polar surface area (TPSA) is 17.1 Å². The molecule has 0 bridgehead atoms. The largest absolute Gasteiger partial charge is 0.294 e. The van der Waals surface area contributed by atoms with Crippen molar-refractivity contribution in [2.75, 3.05) is 0 Å². The normalized spacial score (nSPS) is 15.5. The predicted molar refractivity (Wildman–Crippen MR) is 60.9 cm³/mol. The summed E-state index contributed by atoms with van der Waals surface area (Å²) in [5.74, 6) is 0.310. The zero-order chi connectivity index (χ0) is 10.3. The van der Waals surface area contributed by atoms with Crippen LogP contribution in [0.15, 0.2) is 10.5 Å². The molecule has 0 saturated carbocycles. The second-order valence-electron chi connectivity index (χ2n) is 3.94. The van der Waals surface area contributed by atoms with Gasteiger partial charge in [-0.1, -0.05) is 22.0 Å². The van der Waals surface area contributed by atoms with Crippen molar-refractivity contribution in [1.82, 2.24) is 0 Å². The van der Waals surface area contributed by atoms with Crippen LogP contribution in [0.1, 0.15) is 39.9 Å². The van der Waals surface area contributed by atoms with Crippen molar-refractivity contribution in [3.63, 3.8) is 0 Å². The molecule has 1 aromatic carbocycles. The van der Waals surface area contributed by atoms with E-state index in [-0.39, 0.29) is 0 Å². The van der Waals surface area contributed by atoms with Crippen molar-refractivity contribution in [3.05, 3.63) is 32.8 Å². The maximum absolute atomic E-state index is 11.7. The second-order valence-corrected chi connectivity index (χ2v) is 4.74. The van der Waals surface area contributed by atoms with Crippen molar-refractivity contribution in [1.29, 1.82) is 0 Å². The molecule has 0 saturated heterocycles. The molecule has 1 nitrogen and oxygen atoms in total. The number of rotatable bonds is 0. The molecular formula is C12H13BrO. The van der Waals surface area contributed by atoms with E-state index in [4.69, 9.17) is 0 Å². The molecule has 1 aliphatic rings. The number of benzene rings is 1. The fourth-order valence-electron chi connectivity index (χ4n) is 2.19. The summed E-state index contributed by atoms with van der Waals surface area (Å²) in [4.78, 5) is 11.7. The highest BCUT2D eigenvalue weighted by molar-refractivity contribution is 9.10. The van der Waals surface area contributed by atoms with Crippen molar-refractivity contribution in [3.8, 4) is 0 Å². The monoisotopic (exact) mass is 252 g/mol. The summed E-state index contributed by atoms with van der Waals surface area (Å²) in [7, 11) is 0. The minimum Gasteiger partial charge on any atom is -0.294 e. The van der Waals surface area contributed by atoms with Gasteiger partial charge in [-0.2, -0.15) is 0 Å². The highest BCUT2D eigenvalue weighted by atomic mass is 79.9. The third-order valence-corrected chi connectivity index (χ3v) is 4.11. The summed E-state index contributed by atoms with van der Waals surface area (Å²) >= 11 is 3.53. The first-order valence-corrected chi connectivity index (χ1v) is 5.72. The summed E-state index contributed by atoms with van der Waals surface area (Å²) < 4.78 is 1.09. The first kappa shape index (κ1) is 9.91. The SMILES string of the molecule is Cc1cc2c(c(C)c1Br)C(=O)CCC2. The zero-order valence-electron chi connectivity index (χ0n) is 8.48. The highest BCUT2D eigenvalue weighted by Gasteiger charge is 2.21. The molecule has 74 valence electrons. The van der Waals surface area contributed by atoms with Gasteiger partial charge in [0, 0.05) is 16.5 Å². The van der Waals surface area contributed by atoms with Crippen molar-refractivity contribution in [2.24, 2.45) is 0 Å². The van der Waals surface area contributed by atoms with Gasteiger partial charge in [-0.05, 0) is 43.4 Å². The Kier molecular flexibility index (Phi) is 2.48. The van der Waals surface area contributed by atoms with Crippen LogP contribution in [0.5, 0.6) is 0 Å². The standard InChI is InChI=1S/C12H13BrO/c1-7-6-9-4-3-5-10(14)11(9)8(2)12(7)13/h6H,3-5H2,1-2H3. The van der Waals surface area contributed by atoms with E-state index in [1.807, 2.05) is 6.92 Å². The maximum Gasteiger partial charge on any atom is 0.163 e. The third-order valence-electron chi connectivity index (χ3n) is 2.89. The van der Waals surface area contributed by atoms with Gasteiger partial charge in [0.05, 0.1) is 0 Å². The van der Waals surface area contributed by atoms with Crippen molar-refractivity contribution >= 4 is 21.7 Å². The summed E-state index contributed by atoms with van der Waals surface area (Å²) in [5, 5.41) is 0. The zero-order valence-corrected chi connectivity index (χ0v) is 10.1. The lowest BCUT2D eigenvalue weighted by atomic mass is 9.86. The molecule has 0 N–H and O–H groups in total. The van der Waals surface area contributed by atoms with E-state index >= 15 is 0 Å². The number of carbonyl (C=O) groups excluding carboxylic acids is 1. The Morgan fingerprint density at radius 3 is 2.71 bits per heavy atom. The quantitative estimate of drug-likeness (QED) is 0.690. The Labute approximate surface area is 92.6 Å². The van der Waals surface area contributed by atoms with E-state index in [9.17, 15) is 4.79 Å². The minimum atomic E-state index is 0.310. The Morgan fingerprint density at radius 2 is 2.00 bits per heavy atom. The molecule has 0 aliphatic heterocycles. The lowest BCUT2D eigenvalue weighted by Crippen LogP contribution is -2.13. The van der Waals surface area contributed by atoms with Crippen LogP contribution in [0.4, 0.5) is 0 Å². The number of fused-ring (bicyclic) bond motifs is 1. The molecule has 0 radical (unpaired) electrons. The highest BCUT2D eigenvalue weighted by Crippen LogP contribution is 2.31. The minimum absolute atomic E-state index is 0.310. The van der Waals surface area contributed by atoms with E-state index in [2.05, 4.69) is 28.9 Å². The van der Waals surface area contributed by atoms with Gasteiger partial charge in [0.25, 0.3) is 0 Å². The number of hydrogen-bond donors (Lipinski definition) is 0. The van der Waals surface area contributed by atoms with Crippen LogP contribution in [-0.4, -0.2) is 5.78 Å². The lowest BCUT2D eigenvalue weighted by Gasteiger charge is -2.19. The van der Waals surface area contributed by atoms with Crippen LogP contribution in [-0.2, 0) is 6.42 Å². The predicted octanol–water partition coefficient (Wildman–Crippen LogP) is 3.58. The molecule has 0 aromatic heterocycles. The van der Waals surface area contributed by atoms with Gasteiger partial charge < -0.3 is 0 Å². The molecule has 0 atom stereocenters. The Hall–Kier alpha value is -0.630. The smallest absolute Gasteiger partial charge is 0.163 e. The van der Waals surface area contributed by atoms with Gasteiger partial charge in [0.1, 0.15) is 0 Å². The number of ketones is 1. The molecule has 0 amide bonds. The van der Waals surface area contributed by atoms with Gasteiger partial charge in [-0.15, -0.1) is 0 Å². The van der Waals surface area contributed by atoms with Gasteiger partial charge >= 0.3 is 0 Å². The van der Waals surface area contributed by atoms with E-state index in [0.29, 0.717) is 12.2 Å². The van der Waals surface area contributed by atoms with Crippen LogP contribution in [0.3, 0.4) is 0 Å². The Balaban J connectivity index is 2.70. The molecular weight excluding hydrogens is 240 g/mol. The molecule has 0 unspecified atom stereocenters. The molecule has 0 spiro atoms. The fourth-order valence-corrected chi connectivity index (χ4v) is 2.51. The van der Waals surface area contributed by atoms with Crippen LogP contribution in [0.2, 0.25) is 0 Å². The van der Waals surface area contributed by atoms with E-state index < -0.39 is 0 Å². The van der Waals surface area contributed by atoms with Crippen molar-refractivity contribution < 1.29 is 4.79 Å². The Morgan fingerprint density at radius 1 is 1.29 bits per heavy atom. The van der Waals surface area contributed by atoms with Crippen molar-refractivity contribution in [2.45, 2.75) is 33.1 Å². The summed E-state index contributed by atoms with van der Waals surface area (Å²) in [6.45, 7) is 4.11. The van der Waals surface area contributed by atoms with E-state index in [1.54, 1.807) is 0 Å². The van der Waals surface area contributed by atoms with Gasteiger partial charge in [0.2, 0.25) is 0 Å². The van der Waals surface area contributed by atoms with Crippen LogP contribution in [0.25, 0.3) is 0 Å². The van der Waals surface area contributed by atoms with Gasteiger partial charge in [-0.3, -0.25) is 4.79 Å². The molecule has 2 rings (SSSR count). The molecule has 0 heterocycles. The number of halogens is 1. The number of Topliss-reactive ketones (excluding diaryl/α,β-unsaturated/α-hetero) is 1. The van der Waals surface area contributed by atoms with Gasteiger partial charge in [-0.25, -0.2) is 0 Å². The number of aryl methyl sites for hydroxylation is 2. The van der Waals surface area contributed by atoms with Crippen LogP contribution >= 0.6 is 15.9 Å². The summed E-state index contributed by atoms with van der Waals surface area (Å²) in [6.07, 6.45) is 2.77. The Bertz CT molecular complexity index is 407. The van der Waals surface area contributed by atoms with Gasteiger partial charge in [0.15, 0.2) is 5.78 Å². The first-order chi connectivity index (χ1) is 6.61. The second kappa shape index (κ2) is 3.50. The maximum atomic E-state index is 11.7. The number of carbonyl (C=O) groups is 1. The molecule has 14 heavy (non-hydrogen) atoms. The van der Waals surface area contributed by atoms with Crippen LogP contribution < -0.4 is 0 Å². The summed E-state index contributed by atoms with van der Waals surface area (Å²) in [5.41, 5.74) is 4.55. The number of hydrogen-bond acceptors (Lipinski definition) is 1. The molecule has 2 heteroatoms. The summed E-state index contributed by atoms with van der Waals surface area (Å²) in [6, 6.07) is 2.14. The fraction of sp³-hybridized carbons (Fsp3) is 0.417. The third kappa shape index (κ3) is 1.42. The van der Waals surface area contributed by atoms with E-state index in [1.165, 1.54) is 11.1 Å².